The van der Waals surface area contributed by atoms with Crippen LogP contribution in [-0.2, 0) is 0 Å². The molecule has 0 atom stereocenters. The zero-order valence-electron chi connectivity index (χ0n) is 15.8. The van der Waals surface area contributed by atoms with Crippen LogP contribution >= 0.6 is 0 Å². The standard InChI is InChI=1S/C23H26N2O2/c1-15-20(8-7-16-5-3-2-4-6-16)21(27-25-15)22(26)24-23-12-17-9-18(13-23)11-19(10-17)14-23/h2-8,17-19H,9-14H2,1H3,(H,24,26)/b8-7+. The Hall–Kier alpha value is -2.36. The van der Waals surface area contributed by atoms with E-state index in [1.54, 1.807) is 0 Å². The van der Waals surface area contributed by atoms with E-state index in [9.17, 15) is 4.79 Å². The molecule has 1 amide bonds. The van der Waals surface area contributed by atoms with E-state index < -0.39 is 0 Å². The summed E-state index contributed by atoms with van der Waals surface area (Å²) in [5, 5.41) is 7.44. The molecule has 6 rings (SSSR count). The van der Waals surface area contributed by atoms with Gasteiger partial charge in [0, 0.05) is 5.54 Å². The molecule has 4 fully saturated rings. The molecule has 1 aromatic carbocycles. The van der Waals surface area contributed by atoms with E-state index in [1.165, 1.54) is 19.3 Å². The lowest BCUT2D eigenvalue weighted by Crippen LogP contribution is -2.59. The van der Waals surface area contributed by atoms with Gasteiger partial charge in [-0.3, -0.25) is 4.79 Å². The Kier molecular flexibility index (Phi) is 3.96. The summed E-state index contributed by atoms with van der Waals surface area (Å²) in [6.45, 7) is 1.88. The molecular formula is C23H26N2O2. The average molecular weight is 362 g/mol. The van der Waals surface area contributed by atoms with Gasteiger partial charge in [-0.1, -0.05) is 41.6 Å². The van der Waals surface area contributed by atoms with Crippen LogP contribution in [-0.4, -0.2) is 16.6 Å². The van der Waals surface area contributed by atoms with Gasteiger partial charge in [-0.2, -0.15) is 0 Å². The summed E-state index contributed by atoms with van der Waals surface area (Å²) in [6, 6.07) is 10.1. The predicted molar refractivity (Wildman–Crippen MR) is 105 cm³/mol. The number of carbonyl (C=O) groups is 1. The van der Waals surface area contributed by atoms with E-state index in [0.29, 0.717) is 5.76 Å². The fraction of sp³-hybridized carbons (Fsp3) is 0.478. The molecule has 4 saturated carbocycles. The summed E-state index contributed by atoms with van der Waals surface area (Å²) in [7, 11) is 0. The van der Waals surface area contributed by atoms with Crippen molar-refractivity contribution in [2.75, 3.05) is 0 Å². The topological polar surface area (TPSA) is 55.1 Å². The first-order valence-corrected chi connectivity index (χ1v) is 10.1. The average Bonchev–Trinajstić information content (AvgIpc) is 3.00. The Morgan fingerprint density at radius 3 is 2.33 bits per heavy atom. The molecule has 0 aliphatic heterocycles. The molecule has 0 spiro atoms. The summed E-state index contributed by atoms with van der Waals surface area (Å²) < 4.78 is 5.45. The van der Waals surface area contributed by atoms with Crippen LogP contribution in [0, 0.1) is 24.7 Å². The van der Waals surface area contributed by atoms with E-state index in [4.69, 9.17) is 4.52 Å². The number of amides is 1. The van der Waals surface area contributed by atoms with Crippen molar-refractivity contribution in [3.8, 4) is 0 Å². The van der Waals surface area contributed by atoms with Gasteiger partial charge in [0.1, 0.15) is 0 Å². The van der Waals surface area contributed by atoms with Crippen LogP contribution in [0.1, 0.15) is 65.9 Å². The van der Waals surface area contributed by atoms with Crippen molar-refractivity contribution < 1.29 is 9.32 Å². The van der Waals surface area contributed by atoms with Crippen LogP contribution in [0.25, 0.3) is 12.2 Å². The lowest BCUT2D eigenvalue weighted by atomic mass is 9.53. The molecule has 1 heterocycles. The van der Waals surface area contributed by atoms with Crippen molar-refractivity contribution in [3.63, 3.8) is 0 Å². The van der Waals surface area contributed by atoms with E-state index in [2.05, 4.69) is 10.5 Å². The number of nitrogens with one attached hydrogen (secondary N) is 1. The van der Waals surface area contributed by atoms with Crippen LogP contribution in [0.3, 0.4) is 0 Å². The van der Waals surface area contributed by atoms with Crippen molar-refractivity contribution in [1.82, 2.24) is 10.5 Å². The monoisotopic (exact) mass is 362 g/mol. The molecule has 4 aliphatic rings. The van der Waals surface area contributed by atoms with Gasteiger partial charge in [-0.25, -0.2) is 0 Å². The second-order valence-electron chi connectivity index (χ2n) is 8.91. The van der Waals surface area contributed by atoms with Gasteiger partial charge in [0.2, 0.25) is 5.76 Å². The molecule has 0 saturated heterocycles. The maximum absolute atomic E-state index is 13.1. The number of carbonyl (C=O) groups excluding carboxylic acids is 1. The third kappa shape index (κ3) is 3.11. The molecular weight excluding hydrogens is 336 g/mol. The normalized spacial score (nSPS) is 31.5. The Labute approximate surface area is 160 Å². The molecule has 0 radical (unpaired) electrons. The molecule has 1 aromatic heterocycles. The lowest BCUT2D eigenvalue weighted by molar-refractivity contribution is -0.0172. The highest BCUT2D eigenvalue weighted by Gasteiger charge is 2.51. The highest BCUT2D eigenvalue weighted by Crippen LogP contribution is 2.55. The predicted octanol–water partition coefficient (Wildman–Crippen LogP) is 4.85. The molecule has 2 aromatic rings. The van der Waals surface area contributed by atoms with E-state index in [0.717, 1.165) is 53.8 Å². The Bertz CT molecular complexity index is 846. The third-order valence-electron chi connectivity index (χ3n) is 6.77. The van der Waals surface area contributed by atoms with Gasteiger partial charge in [-0.05, 0) is 74.8 Å². The van der Waals surface area contributed by atoms with Gasteiger partial charge >= 0.3 is 0 Å². The maximum Gasteiger partial charge on any atom is 0.290 e. The number of hydrogen-bond donors (Lipinski definition) is 1. The van der Waals surface area contributed by atoms with Crippen molar-refractivity contribution in [1.29, 1.82) is 0 Å². The summed E-state index contributed by atoms with van der Waals surface area (Å²) in [4.78, 5) is 13.1. The molecule has 140 valence electrons. The van der Waals surface area contributed by atoms with Gasteiger partial charge in [-0.15, -0.1) is 0 Å². The van der Waals surface area contributed by atoms with Gasteiger partial charge in [0.15, 0.2) is 0 Å². The zero-order chi connectivity index (χ0) is 18.4. The summed E-state index contributed by atoms with van der Waals surface area (Å²) >= 11 is 0. The lowest BCUT2D eigenvalue weighted by Gasteiger charge is -2.56. The molecule has 4 bridgehead atoms. The summed E-state index contributed by atoms with van der Waals surface area (Å²) in [5.41, 5.74) is 2.59. The van der Waals surface area contributed by atoms with E-state index in [-0.39, 0.29) is 11.4 Å². The molecule has 27 heavy (non-hydrogen) atoms. The highest BCUT2D eigenvalue weighted by molar-refractivity contribution is 5.96. The number of rotatable bonds is 4. The van der Waals surface area contributed by atoms with Gasteiger partial charge in [0.05, 0.1) is 11.3 Å². The minimum absolute atomic E-state index is 0.0209. The first kappa shape index (κ1) is 16.8. The van der Waals surface area contributed by atoms with Crippen molar-refractivity contribution >= 4 is 18.1 Å². The number of nitrogens with zero attached hydrogens (tertiary/aromatic N) is 1. The summed E-state index contributed by atoms with van der Waals surface area (Å²) in [6.07, 6.45) is 11.4. The SMILES string of the molecule is Cc1noc(C(=O)NC23CC4CC(CC(C4)C2)C3)c1/C=C/c1ccccc1. The summed E-state index contributed by atoms with van der Waals surface area (Å²) in [5.74, 6) is 2.63. The molecule has 0 unspecified atom stereocenters. The third-order valence-corrected chi connectivity index (χ3v) is 6.77. The first-order chi connectivity index (χ1) is 13.1. The second kappa shape index (κ2) is 6.36. The first-order valence-electron chi connectivity index (χ1n) is 10.1. The minimum atomic E-state index is -0.106. The maximum atomic E-state index is 13.1. The van der Waals surface area contributed by atoms with Crippen LogP contribution in [0.5, 0.6) is 0 Å². The van der Waals surface area contributed by atoms with Crippen LogP contribution in [0.4, 0.5) is 0 Å². The molecule has 4 heteroatoms. The highest BCUT2D eigenvalue weighted by atomic mass is 16.5. The number of benzene rings is 1. The van der Waals surface area contributed by atoms with Crippen LogP contribution < -0.4 is 5.32 Å². The van der Waals surface area contributed by atoms with Crippen molar-refractivity contribution in [2.24, 2.45) is 17.8 Å². The van der Waals surface area contributed by atoms with E-state index >= 15 is 0 Å². The number of hydrogen-bond acceptors (Lipinski definition) is 3. The number of aryl methyl sites for hydroxylation is 1. The molecule has 4 aliphatic carbocycles. The quantitative estimate of drug-likeness (QED) is 0.846. The Morgan fingerprint density at radius 2 is 1.70 bits per heavy atom. The minimum Gasteiger partial charge on any atom is -0.350 e. The van der Waals surface area contributed by atoms with Gasteiger partial charge < -0.3 is 9.84 Å². The fourth-order valence-corrected chi connectivity index (χ4v) is 6.04. The smallest absolute Gasteiger partial charge is 0.290 e. The van der Waals surface area contributed by atoms with Gasteiger partial charge in [0.25, 0.3) is 5.91 Å². The molecule has 4 nitrogen and oxygen atoms in total. The van der Waals surface area contributed by atoms with E-state index in [1.807, 2.05) is 49.4 Å². The Balaban J connectivity index is 1.38. The van der Waals surface area contributed by atoms with Crippen LogP contribution in [0.15, 0.2) is 34.9 Å². The largest absolute Gasteiger partial charge is 0.350 e. The number of aromatic nitrogens is 1. The zero-order valence-corrected chi connectivity index (χ0v) is 15.8. The van der Waals surface area contributed by atoms with Crippen molar-refractivity contribution in [3.05, 3.63) is 52.9 Å². The Morgan fingerprint density at radius 1 is 1.07 bits per heavy atom. The van der Waals surface area contributed by atoms with Crippen molar-refractivity contribution in [2.45, 2.75) is 51.0 Å². The second-order valence-corrected chi connectivity index (χ2v) is 8.91. The van der Waals surface area contributed by atoms with Crippen LogP contribution in [0.2, 0.25) is 0 Å². The molecule has 1 N–H and O–H groups in total. The fourth-order valence-electron chi connectivity index (χ4n) is 6.04.